The maximum Gasteiger partial charge on any atom is 0.123 e. The third kappa shape index (κ3) is 1.94. The molecule has 0 bridgehead atoms. The van der Waals surface area contributed by atoms with Crippen LogP contribution in [0.1, 0.15) is 11.1 Å². The van der Waals surface area contributed by atoms with E-state index in [4.69, 9.17) is 5.26 Å². The van der Waals surface area contributed by atoms with Crippen molar-refractivity contribution >= 4 is 0 Å². The van der Waals surface area contributed by atoms with Crippen LogP contribution in [0.5, 0.6) is 0 Å². The molecular weight excluding hydrogens is 201 g/mol. The molecule has 0 aromatic heterocycles. The van der Waals surface area contributed by atoms with Crippen LogP contribution >= 0.6 is 0 Å². The second kappa shape index (κ2) is 4.16. The lowest BCUT2D eigenvalue weighted by atomic mass is 9.99. The van der Waals surface area contributed by atoms with Gasteiger partial charge in [-0.2, -0.15) is 5.26 Å². The van der Waals surface area contributed by atoms with Gasteiger partial charge in [-0.05, 0) is 47.9 Å². The zero-order valence-electron chi connectivity index (χ0n) is 8.87. The van der Waals surface area contributed by atoms with Gasteiger partial charge in [0.2, 0.25) is 0 Å². The first-order valence-electron chi connectivity index (χ1n) is 4.97. The average molecular weight is 211 g/mol. The van der Waals surface area contributed by atoms with Crippen LogP contribution in [0, 0.1) is 24.1 Å². The van der Waals surface area contributed by atoms with Crippen LogP contribution in [-0.2, 0) is 0 Å². The summed E-state index contributed by atoms with van der Waals surface area (Å²) >= 11 is 0. The predicted octanol–water partition coefficient (Wildman–Crippen LogP) is 3.67. The van der Waals surface area contributed by atoms with Crippen molar-refractivity contribution in [2.24, 2.45) is 0 Å². The van der Waals surface area contributed by atoms with Gasteiger partial charge in [-0.15, -0.1) is 0 Å². The fourth-order valence-corrected chi connectivity index (χ4v) is 1.66. The summed E-state index contributed by atoms with van der Waals surface area (Å²) in [6.45, 7) is 1.92. The normalized spacial score (nSPS) is 9.81. The molecule has 0 fully saturated rings. The van der Waals surface area contributed by atoms with Gasteiger partial charge < -0.3 is 0 Å². The highest BCUT2D eigenvalue weighted by Crippen LogP contribution is 2.24. The molecule has 2 heteroatoms. The molecule has 2 rings (SSSR count). The number of nitriles is 1. The number of hydrogen-bond acceptors (Lipinski definition) is 1. The second-order valence-corrected chi connectivity index (χ2v) is 3.65. The molecule has 0 amide bonds. The number of rotatable bonds is 1. The summed E-state index contributed by atoms with van der Waals surface area (Å²) in [7, 11) is 0. The van der Waals surface area contributed by atoms with Crippen LogP contribution in [0.15, 0.2) is 42.5 Å². The Balaban J connectivity index is 2.58. The lowest BCUT2D eigenvalue weighted by molar-refractivity contribution is 0.628. The summed E-state index contributed by atoms with van der Waals surface area (Å²) in [5.41, 5.74) is 3.28. The Morgan fingerprint density at radius 2 is 1.94 bits per heavy atom. The van der Waals surface area contributed by atoms with Crippen molar-refractivity contribution in [3.63, 3.8) is 0 Å². The van der Waals surface area contributed by atoms with Crippen molar-refractivity contribution in [3.05, 3.63) is 59.4 Å². The monoisotopic (exact) mass is 211 g/mol. The molecule has 0 radical (unpaired) electrons. The molecule has 0 aliphatic heterocycles. The van der Waals surface area contributed by atoms with Gasteiger partial charge >= 0.3 is 0 Å². The highest BCUT2D eigenvalue weighted by Gasteiger charge is 2.04. The van der Waals surface area contributed by atoms with Gasteiger partial charge in [0.15, 0.2) is 0 Å². The first-order chi connectivity index (χ1) is 7.70. The summed E-state index contributed by atoms with van der Waals surface area (Å²) in [5.74, 6) is -0.261. The average Bonchev–Trinajstić information content (AvgIpc) is 2.32. The van der Waals surface area contributed by atoms with Gasteiger partial charge in [0, 0.05) is 0 Å². The molecule has 0 atom stereocenters. The number of aryl methyl sites for hydroxylation is 1. The van der Waals surface area contributed by atoms with Crippen molar-refractivity contribution in [1.82, 2.24) is 0 Å². The molecule has 0 aliphatic carbocycles. The predicted molar refractivity (Wildman–Crippen MR) is 61.3 cm³/mol. The van der Waals surface area contributed by atoms with Gasteiger partial charge in [-0.25, -0.2) is 4.39 Å². The van der Waals surface area contributed by atoms with Gasteiger partial charge in [0.1, 0.15) is 5.82 Å². The fraction of sp³-hybridized carbons (Fsp3) is 0.0714. The van der Waals surface area contributed by atoms with Crippen LogP contribution in [0.2, 0.25) is 0 Å². The maximum absolute atomic E-state index is 13.2. The Labute approximate surface area is 93.8 Å². The van der Waals surface area contributed by atoms with E-state index in [2.05, 4.69) is 6.07 Å². The molecule has 2 aromatic rings. The number of hydrogen-bond donors (Lipinski definition) is 0. The van der Waals surface area contributed by atoms with E-state index in [9.17, 15) is 4.39 Å². The molecule has 0 aliphatic rings. The van der Waals surface area contributed by atoms with Crippen LogP contribution in [0.3, 0.4) is 0 Å². The van der Waals surface area contributed by atoms with Gasteiger partial charge in [0.25, 0.3) is 0 Å². The highest BCUT2D eigenvalue weighted by atomic mass is 19.1. The lowest BCUT2D eigenvalue weighted by Gasteiger charge is -2.06. The summed E-state index contributed by atoms with van der Waals surface area (Å²) in [6.07, 6.45) is 0. The van der Waals surface area contributed by atoms with Crippen molar-refractivity contribution in [2.75, 3.05) is 0 Å². The molecule has 0 N–H and O–H groups in total. The Hall–Kier alpha value is -2.14. The molecule has 0 saturated carbocycles. The van der Waals surface area contributed by atoms with Crippen molar-refractivity contribution in [2.45, 2.75) is 6.92 Å². The molecule has 0 unspecified atom stereocenters. The van der Waals surface area contributed by atoms with E-state index >= 15 is 0 Å². The Morgan fingerprint density at radius 1 is 1.12 bits per heavy atom. The lowest BCUT2D eigenvalue weighted by Crippen LogP contribution is -1.86. The molecule has 0 spiro atoms. The van der Waals surface area contributed by atoms with E-state index in [1.807, 2.05) is 13.0 Å². The van der Waals surface area contributed by atoms with Crippen LogP contribution in [-0.4, -0.2) is 0 Å². The van der Waals surface area contributed by atoms with E-state index < -0.39 is 0 Å². The Bertz CT molecular complexity index is 567. The summed E-state index contributed by atoms with van der Waals surface area (Å²) in [4.78, 5) is 0. The quantitative estimate of drug-likeness (QED) is 0.706. The Kier molecular flexibility index (Phi) is 2.70. The number of halogens is 1. The molecule has 2 aromatic carbocycles. The van der Waals surface area contributed by atoms with E-state index in [1.165, 1.54) is 12.1 Å². The topological polar surface area (TPSA) is 23.8 Å². The highest BCUT2D eigenvalue weighted by molar-refractivity contribution is 5.68. The van der Waals surface area contributed by atoms with Crippen LogP contribution < -0.4 is 0 Å². The van der Waals surface area contributed by atoms with Crippen LogP contribution in [0.25, 0.3) is 11.1 Å². The smallest absolute Gasteiger partial charge is 0.123 e. The van der Waals surface area contributed by atoms with E-state index in [0.717, 1.165) is 16.7 Å². The minimum atomic E-state index is -0.261. The molecule has 0 saturated heterocycles. The van der Waals surface area contributed by atoms with Crippen LogP contribution in [0.4, 0.5) is 4.39 Å². The zero-order chi connectivity index (χ0) is 11.5. The van der Waals surface area contributed by atoms with Gasteiger partial charge in [0.05, 0.1) is 11.6 Å². The first kappa shape index (κ1) is 10.4. The standard InChI is InChI=1S/C14H10FN/c1-10-5-6-13(15)8-14(10)12-4-2-3-11(7-12)9-16/h2-8H,1H3. The minimum absolute atomic E-state index is 0.261. The Morgan fingerprint density at radius 3 is 2.69 bits per heavy atom. The largest absolute Gasteiger partial charge is 0.207 e. The van der Waals surface area contributed by atoms with Crippen molar-refractivity contribution in [1.29, 1.82) is 5.26 Å². The number of benzene rings is 2. The third-order valence-electron chi connectivity index (χ3n) is 2.50. The van der Waals surface area contributed by atoms with Gasteiger partial charge in [-0.3, -0.25) is 0 Å². The first-order valence-corrected chi connectivity index (χ1v) is 4.97. The minimum Gasteiger partial charge on any atom is -0.207 e. The zero-order valence-corrected chi connectivity index (χ0v) is 8.87. The van der Waals surface area contributed by atoms with Crippen molar-refractivity contribution < 1.29 is 4.39 Å². The SMILES string of the molecule is Cc1ccc(F)cc1-c1cccc(C#N)c1. The molecule has 16 heavy (non-hydrogen) atoms. The molecule has 78 valence electrons. The summed E-state index contributed by atoms with van der Waals surface area (Å²) < 4.78 is 13.2. The molecule has 0 heterocycles. The van der Waals surface area contributed by atoms with Crippen molar-refractivity contribution in [3.8, 4) is 17.2 Å². The van der Waals surface area contributed by atoms with E-state index in [0.29, 0.717) is 5.56 Å². The summed E-state index contributed by atoms with van der Waals surface area (Å²) in [5, 5.41) is 8.81. The van der Waals surface area contributed by atoms with Gasteiger partial charge in [-0.1, -0.05) is 18.2 Å². The molecule has 1 nitrogen and oxygen atoms in total. The van der Waals surface area contributed by atoms with E-state index in [-0.39, 0.29) is 5.82 Å². The van der Waals surface area contributed by atoms with E-state index in [1.54, 1.807) is 24.3 Å². The third-order valence-corrected chi connectivity index (χ3v) is 2.50. The fourth-order valence-electron chi connectivity index (χ4n) is 1.66. The maximum atomic E-state index is 13.2. The second-order valence-electron chi connectivity index (χ2n) is 3.65. The molecular formula is C14H10FN. The number of nitrogens with zero attached hydrogens (tertiary/aromatic N) is 1. The summed E-state index contributed by atoms with van der Waals surface area (Å²) in [6, 6.07) is 13.9.